The number of pyridine rings is 1. The van der Waals surface area contributed by atoms with Crippen LogP contribution in [0.4, 0.5) is 5.69 Å². The van der Waals surface area contributed by atoms with Crippen molar-refractivity contribution >= 4 is 36.4 Å². The molecule has 21 heavy (non-hydrogen) atoms. The highest BCUT2D eigenvalue weighted by molar-refractivity contribution is 5.95. The Balaban J connectivity index is 0.00000200. The number of benzene rings is 1. The van der Waals surface area contributed by atoms with Crippen LogP contribution >= 0.6 is 24.8 Å². The maximum absolute atomic E-state index is 11.4. The van der Waals surface area contributed by atoms with E-state index >= 15 is 0 Å². The van der Waals surface area contributed by atoms with E-state index in [4.69, 9.17) is 5.73 Å². The van der Waals surface area contributed by atoms with Crippen LogP contribution in [0.2, 0.25) is 0 Å². The van der Waals surface area contributed by atoms with Crippen LogP contribution in [0, 0.1) is 0 Å². The Kier molecular flexibility index (Phi) is 8.43. The first-order chi connectivity index (χ1) is 9.22. The molecule has 0 fully saturated rings. The number of hydrogen-bond acceptors (Lipinski definition) is 3. The number of nitrogens with one attached hydrogen (secondary N) is 1. The van der Waals surface area contributed by atoms with Crippen LogP contribution < -0.4 is 11.1 Å². The van der Waals surface area contributed by atoms with E-state index in [2.05, 4.69) is 10.3 Å². The maximum atomic E-state index is 11.4. The zero-order chi connectivity index (χ0) is 13.7. The molecule has 0 saturated heterocycles. The average molecular weight is 328 g/mol. The van der Waals surface area contributed by atoms with E-state index < -0.39 is 0 Å². The summed E-state index contributed by atoms with van der Waals surface area (Å²) in [4.78, 5) is 15.4. The van der Waals surface area contributed by atoms with Gasteiger partial charge in [-0.25, -0.2) is 0 Å². The minimum Gasteiger partial charge on any atom is -0.381 e. The summed E-state index contributed by atoms with van der Waals surface area (Å²) in [6.45, 7) is 2.71. The Morgan fingerprint density at radius 1 is 1.19 bits per heavy atom. The molecule has 0 radical (unpaired) electrons. The molecule has 4 nitrogen and oxygen atoms in total. The van der Waals surface area contributed by atoms with Gasteiger partial charge in [-0.2, -0.15) is 0 Å². The zero-order valence-electron chi connectivity index (χ0n) is 11.7. The van der Waals surface area contributed by atoms with Crippen LogP contribution in [-0.2, 0) is 13.0 Å². The third-order valence-electron chi connectivity index (χ3n) is 3.03. The van der Waals surface area contributed by atoms with Crippen molar-refractivity contribution < 1.29 is 4.79 Å². The Morgan fingerprint density at radius 3 is 2.43 bits per heavy atom. The molecular weight excluding hydrogens is 309 g/mol. The lowest BCUT2D eigenvalue weighted by atomic mass is 10.0. The van der Waals surface area contributed by atoms with E-state index in [1.807, 2.05) is 31.2 Å². The molecule has 2 rings (SSSR count). The molecule has 0 unspecified atom stereocenters. The molecule has 0 atom stereocenters. The van der Waals surface area contributed by atoms with Crippen LogP contribution in [-0.4, -0.2) is 10.9 Å². The summed E-state index contributed by atoms with van der Waals surface area (Å²) < 4.78 is 0. The normalized spacial score (nSPS) is 9.19. The van der Waals surface area contributed by atoms with Gasteiger partial charge in [0.05, 0.1) is 0 Å². The van der Waals surface area contributed by atoms with E-state index in [0.717, 1.165) is 23.2 Å². The van der Waals surface area contributed by atoms with Gasteiger partial charge in [-0.3, -0.25) is 9.78 Å². The van der Waals surface area contributed by atoms with Crippen LogP contribution in [0.25, 0.3) is 0 Å². The number of nitrogens with two attached hydrogens (primary N) is 1. The van der Waals surface area contributed by atoms with Gasteiger partial charge >= 0.3 is 0 Å². The van der Waals surface area contributed by atoms with Crippen molar-refractivity contribution in [3.8, 4) is 0 Å². The number of halogens is 2. The molecule has 0 aliphatic carbocycles. The fourth-order valence-corrected chi connectivity index (χ4v) is 2.06. The molecule has 0 spiro atoms. The summed E-state index contributed by atoms with van der Waals surface area (Å²) in [5.74, 6) is -0.385. The quantitative estimate of drug-likeness (QED) is 0.886. The predicted molar refractivity (Wildman–Crippen MR) is 90.4 cm³/mol. The van der Waals surface area contributed by atoms with E-state index in [0.29, 0.717) is 12.1 Å². The molecule has 1 aromatic heterocycles. The number of nitrogens with zero attached hydrogens (tertiary/aromatic N) is 1. The van der Waals surface area contributed by atoms with Crippen molar-refractivity contribution in [3.63, 3.8) is 0 Å². The monoisotopic (exact) mass is 327 g/mol. The molecule has 114 valence electrons. The molecule has 0 saturated carbocycles. The first-order valence-electron chi connectivity index (χ1n) is 6.26. The highest BCUT2D eigenvalue weighted by Crippen LogP contribution is 2.21. The number of rotatable bonds is 5. The summed E-state index contributed by atoms with van der Waals surface area (Å²) >= 11 is 0. The highest BCUT2D eigenvalue weighted by Gasteiger charge is 2.10. The molecular formula is C15H19Cl2N3O. The van der Waals surface area contributed by atoms with Gasteiger partial charge < -0.3 is 11.1 Å². The Labute approximate surface area is 137 Å². The number of amides is 1. The smallest absolute Gasteiger partial charge is 0.249 e. The van der Waals surface area contributed by atoms with Crippen LogP contribution in [0.3, 0.4) is 0 Å². The minimum absolute atomic E-state index is 0. The molecule has 3 N–H and O–H groups in total. The van der Waals surface area contributed by atoms with Crippen molar-refractivity contribution in [1.29, 1.82) is 0 Å². The second-order valence-electron chi connectivity index (χ2n) is 4.26. The van der Waals surface area contributed by atoms with E-state index in [1.54, 1.807) is 18.5 Å². The van der Waals surface area contributed by atoms with Gasteiger partial charge in [0.1, 0.15) is 0 Å². The highest BCUT2D eigenvalue weighted by atomic mass is 35.5. The lowest BCUT2D eigenvalue weighted by molar-refractivity contribution is 0.0999. The SMILES string of the molecule is CCc1c(NCc2ccncc2)cccc1C(N)=O.Cl.Cl. The lowest BCUT2D eigenvalue weighted by Crippen LogP contribution is -2.15. The summed E-state index contributed by atoms with van der Waals surface area (Å²) in [7, 11) is 0. The van der Waals surface area contributed by atoms with Crippen LogP contribution in [0.15, 0.2) is 42.7 Å². The number of aromatic nitrogens is 1. The van der Waals surface area contributed by atoms with Crippen molar-refractivity contribution in [1.82, 2.24) is 4.98 Å². The first-order valence-corrected chi connectivity index (χ1v) is 6.26. The number of carbonyl (C=O) groups excluding carboxylic acids is 1. The number of carbonyl (C=O) groups is 1. The molecule has 6 heteroatoms. The van der Waals surface area contributed by atoms with Crippen molar-refractivity contribution in [2.75, 3.05) is 5.32 Å². The van der Waals surface area contributed by atoms with E-state index in [1.165, 1.54) is 0 Å². The molecule has 1 amide bonds. The zero-order valence-corrected chi connectivity index (χ0v) is 13.3. The Bertz CT molecular complexity index is 576. The summed E-state index contributed by atoms with van der Waals surface area (Å²) in [5.41, 5.74) is 9.03. The number of primary amides is 1. The first kappa shape index (κ1) is 19.2. The van der Waals surface area contributed by atoms with Crippen molar-refractivity contribution in [2.45, 2.75) is 19.9 Å². The van der Waals surface area contributed by atoms with Crippen molar-refractivity contribution in [3.05, 3.63) is 59.4 Å². The van der Waals surface area contributed by atoms with E-state index in [-0.39, 0.29) is 30.7 Å². The van der Waals surface area contributed by atoms with Crippen LogP contribution in [0.5, 0.6) is 0 Å². The molecule has 0 aliphatic rings. The number of anilines is 1. The summed E-state index contributed by atoms with van der Waals surface area (Å²) in [6, 6.07) is 9.48. The molecule has 2 aromatic rings. The predicted octanol–water partition coefficient (Wildman–Crippen LogP) is 3.20. The Hall–Kier alpha value is -1.78. The van der Waals surface area contributed by atoms with Crippen molar-refractivity contribution in [2.24, 2.45) is 5.73 Å². The summed E-state index contributed by atoms with van der Waals surface area (Å²) in [5, 5.41) is 3.34. The van der Waals surface area contributed by atoms with Gasteiger partial charge in [0, 0.05) is 30.2 Å². The second kappa shape index (κ2) is 9.21. The van der Waals surface area contributed by atoms with Gasteiger partial charge in [0.15, 0.2) is 0 Å². The van der Waals surface area contributed by atoms with Crippen LogP contribution in [0.1, 0.15) is 28.4 Å². The van der Waals surface area contributed by atoms with Gasteiger partial charge in [-0.15, -0.1) is 24.8 Å². The Morgan fingerprint density at radius 2 is 1.86 bits per heavy atom. The standard InChI is InChI=1S/C15H17N3O.2ClH/c1-2-12-13(15(16)19)4-3-5-14(12)18-10-11-6-8-17-9-7-11;;/h3-9,18H,2,10H2,1H3,(H2,16,19);2*1H. The maximum Gasteiger partial charge on any atom is 0.249 e. The van der Waals surface area contributed by atoms with Gasteiger partial charge in [0.25, 0.3) is 0 Å². The minimum atomic E-state index is -0.385. The third-order valence-corrected chi connectivity index (χ3v) is 3.03. The topological polar surface area (TPSA) is 68.0 Å². The molecule has 1 heterocycles. The fourth-order valence-electron chi connectivity index (χ4n) is 2.06. The van der Waals surface area contributed by atoms with Gasteiger partial charge in [-0.1, -0.05) is 13.0 Å². The lowest BCUT2D eigenvalue weighted by Gasteiger charge is -2.13. The van der Waals surface area contributed by atoms with Gasteiger partial charge in [0.2, 0.25) is 5.91 Å². The van der Waals surface area contributed by atoms with E-state index in [9.17, 15) is 4.79 Å². The number of hydrogen-bond donors (Lipinski definition) is 2. The molecule has 0 aliphatic heterocycles. The summed E-state index contributed by atoms with van der Waals surface area (Å²) in [6.07, 6.45) is 4.28. The molecule has 0 bridgehead atoms. The fraction of sp³-hybridized carbons (Fsp3) is 0.200. The second-order valence-corrected chi connectivity index (χ2v) is 4.26. The van der Waals surface area contributed by atoms with Gasteiger partial charge in [-0.05, 0) is 41.8 Å². The third kappa shape index (κ3) is 4.92. The molecule has 1 aromatic carbocycles. The largest absolute Gasteiger partial charge is 0.381 e. The average Bonchev–Trinajstić information content (AvgIpc) is 2.45.